The van der Waals surface area contributed by atoms with Crippen molar-refractivity contribution in [2.75, 3.05) is 6.54 Å². The molecule has 1 N–H and O–H groups in total. The highest BCUT2D eigenvalue weighted by atomic mass is 32.1. The minimum atomic E-state index is -0.343. The van der Waals surface area contributed by atoms with Crippen molar-refractivity contribution < 1.29 is 14.4 Å². The van der Waals surface area contributed by atoms with Crippen LogP contribution in [0.1, 0.15) is 51.3 Å². The molecule has 30 heavy (non-hydrogen) atoms. The van der Waals surface area contributed by atoms with Gasteiger partial charge in [-0.15, -0.1) is 11.3 Å². The van der Waals surface area contributed by atoms with Gasteiger partial charge in [-0.2, -0.15) is 0 Å². The second kappa shape index (κ2) is 9.08. The van der Waals surface area contributed by atoms with Gasteiger partial charge in [0.15, 0.2) is 5.78 Å². The minimum absolute atomic E-state index is 0.0176. The molecule has 0 aliphatic carbocycles. The van der Waals surface area contributed by atoms with Crippen LogP contribution in [0.5, 0.6) is 0 Å². The number of carbonyl (C=O) groups is 3. The average molecular weight is 428 g/mol. The zero-order valence-electron chi connectivity index (χ0n) is 18.0. The van der Waals surface area contributed by atoms with Gasteiger partial charge in [0.1, 0.15) is 0 Å². The fraction of sp³-hybridized carbons (Fsp3) is 0.478. The van der Waals surface area contributed by atoms with Gasteiger partial charge in [-0.05, 0) is 23.5 Å². The van der Waals surface area contributed by atoms with Crippen molar-refractivity contribution in [2.24, 2.45) is 5.41 Å². The zero-order valence-corrected chi connectivity index (χ0v) is 18.8. The number of nitrogens with zero attached hydrogens (tertiary/aromatic N) is 2. The third-order valence-corrected chi connectivity index (χ3v) is 6.10. The summed E-state index contributed by atoms with van der Waals surface area (Å²) in [5.41, 5.74) is 4.80. The van der Waals surface area contributed by atoms with Crippen molar-refractivity contribution in [1.82, 2.24) is 15.2 Å². The summed E-state index contributed by atoms with van der Waals surface area (Å²) in [6, 6.07) is 7.71. The van der Waals surface area contributed by atoms with E-state index in [9.17, 15) is 14.4 Å². The Morgan fingerprint density at radius 1 is 1.23 bits per heavy atom. The average Bonchev–Trinajstić information content (AvgIpc) is 3.24. The summed E-state index contributed by atoms with van der Waals surface area (Å²) in [4.78, 5) is 44.0. The fourth-order valence-electron chi connectivity index (χ4n) is 3.63. The van der Waals surface area contributed by atoms with Gasteiger partial charge in [-0.1, -0.05) is 45.0 Å². The smallest absolute Gasteiger partial charge is 0.223 e. The van der Waals surface area contributed by atoms with E-state index in [4.69, 9.17) is 0 Å². The number of hydrogen-bond acceptors (Lipinski definition) is 5. The van der Waals surface area contributed by atoms with Crippen LogP contribution in [0.4, 0.5) is 0 Å². The maximum absolute atomic E-state index is 12.6. The van der Waals surface area contributed by atoms with Crippen molar-refractivity contribution in [2.45, 2.75) is 59.5 Å². The van der Waals surface area contributed by atoms with E-state index in [1.807, 2.05) is 57.5 Å². The molecule has 0 spiro atoms. The van der Waals surface area contributed by atoms with E-state index in [0.717, 1.165) is 21.7 Å². The second-order valence-electron chi connectivity index (χ2n) is 9.10. The number of hydrogen-bond donors (Lipinski definition) is 1. The number of nitrogens with one attached hydrogen (secondary N) is 1. The van der Waals surface area contributed by atoms with Gasteiger partial charge in [0.05, 0.1) is 22.6 Å². The molecule has 0 saturated carbocycles. The lowest BCUT2D eigenvalue weighted by molar-refractivity contribution is -0.135. The first-order chi connectivity index (χ1) is 14.1. The molecule has 1 saturated heterocycles. The maximum atomic E-state index is 12.6. The molecule has 2 heterocycles. The van der Waals surface area contributed by atoms with E-state index in [-0.39, 0.29) is 48.4 Å². The first-order valence-corrected chi connectivity index (χ1v) is 11.1. The van der Waals surface area contributed by atoms with Gasteiger partial charge in [0, 0.05) is 31.8 Å². The Morgan fingerprint density at radius 2 is 1.93 bits per heavy atom. The Morgan fingerprint density at radius 3 is 2.53 bits per heavy atom. The summed E-state index contributed by atoms with van der Waals surface area (Å²) in [5.74, 6) is -0.185. The Balaban J connectivity index is 1.54. The molecule has 1 aliphatic heterocycles. The predicted molar refractivity (Wildman–Crippen MR) is 118 cm³/mol. The molecule has 7 heteroatoms. The lowest BCUT2D eigenvalue weighted by atomic mass is 9.91. The standard InChI is InChI=1S/C23H29N3O3S/c1-15-22(30-14-25-15)17-7-5-16(6-8-17)12-24-20(28)10-18-9-19(27)13-26(18)21(29)11-23(2,3)4/h5-8,14,18H,9-13H2,1-4H3,(H,24,28)/t18-/m0/s1. The molecule has 1 aromatic heterocycles. The van der Waals surface area contributed by atoms with Crippen LogP contribution in [-0.2, 0) is 20.9 Å². The number of amides is 2. The summed E-state index contributed by atoms with van der Waals surface area (Å²) in [7, 11) is 0. The van der Waals surface area contributed by atoms with E-state index >= 15 is 0 Å². The van der Waals surface area contributed by atoms with Crippen molar-refractivity contribution in [1.29, 1.82) is 0 Å². The van der Waals surface area contributed by atoms with Crippen molar-refractivity contribution in [3.8, 4) is 10.4 Å². The minimum Gasteiger partial charge on any atom is -0.352 e. The molecule has 2 aromatic rings. The summed E-state index contributed by atoms with van der Waals surface area (Å²) in [6.45, 7) is 8.50. The van der Waals surface area contributed by atoms with Gasteiger partial charge in [-0.25, -0.2) is 4.98 Å². The highest BCUT2D eigenvalue weighted by Gasteiger charge is 2.36. The Labute approximate surface area is 181 Å². The van der Waals surface area contributed by atoms with E-state index in [1.54, 1.807) is 16.2 Å². The van der Waals surface area contributed by atoms with Crippen LogP contribution in [0.15, 0.2) is 29.8 Å². The van der Waals surface area contributed by atoms with Crippen LogP contribution in [0.3, 0.4) is 0 Å². The van der Waals surface area contributed by atoms with E-state index in [1.165, 1.54) is 0 Å². The Bertz CT molecular complexity index is 928. The van der Waals surface area contributed by atoms with Gasteiger partial charge in [0.25, 0.3) is 0 Å². The lowest BCUT2D eigenvalue weighted by Crippen LogP contribution is -2.40. The Kier molecular flexibility index (Phi) is 6.71. The molecule has 1 aromatic carbocycles. The number of aryl methyl sites for hydroxylation is 1. The molecule has 1 fully saturated rings. The third kappa shape index (κ3) is 5.75. The van der Waals surface area contributed by atoms with E-state index < -0.39 is 0 Å². The largest absolute Gasteiger partial charge is 0.352 e. The summed E-state index contributed by atoms with van der Waals surface area (Å²) in [5, 5.41) is 2.92. The SMILES string of the molecule is Cc1ncsc1-c1ccc(CNC(=O)C[C@@H]2CC(=O)CN2C(=O)CC(C)(C)C)cc1. The van der Waals surface area contributed by atoms with Crippen molar-refractivity contribution >= 4 is 28.9 Å². The van der Waals surface area contributed by atoms with Crippen LogP contribution in [0.2, 0.25) is 0 Å². The first kappa shape index (κ1) is 22.2. The molecule has 2 amide bonds. The molecular weight excluding hydrogens is 398 g/mol. The number of ketones is 1. The number of likely N-dealkylation sites (tertiary alicyclic amines) is 1. The summed E-state index contributed by atoms with van der Waals surface area (Å²) < 4.78 is 0. The highest BCUT2D eigenvalue weighted by molar-refractivity contribution is 7.13. The topological polar surface area (TPSA) is 79.4 Å². The number of benzene rings is 1. The Hall–Kier alpha value is -2.54. The van der Waals surface area contributed by atoms with Gasteiger partial charge in [0.2, 0.25) is 11.8 Å². The number of Topliss-reactive ketones (excluding diaryl/α,β-unsaturated/α-hetero) is 1. The molecule has 3 rings (SSSR count). The number of thiazole rings is 1. The maximum Gasteiger partial charge on any atom is 0.223 e. The van der Waals surface area contributed by atoms with E-state index in [0.29, 0.717) is 13.0 Å². The second-order valence-corrected chi connectivity index (χ2v) is 9.96. The first-order valence-electron chi connectivity index (χ1n) is 10.2. The number of carbonyl (C=O) groups excluding carboxylic acids is 3. The molecule has 0 bridgehead atoms. The van der Waals surface area contributed by atoms with Gasteiger partial charge in [-0.3, -0.25) is 14.4 Å². The van der Waals surface area contributed by atoms with Crippen molar-refractivity contribution in [3.05, 3.63) is 41.0 Å². The predicted octanol–water partition coefficient (Wildman–Crippen LogP) is 3.73. The third-order valence-electron chi connectivity index (χ3n) is 5.13. The van der Waals surface area contributed by atoms with Crippen LogP contribution in [0, 0.1) is 12.3 Å². The van der Waals surface area contributed by atoms with Crippen molar-refractivity contribution in [3.63, 3.8) is 0 Å². The molecule has 0 unspecified atom stereocenters. The van der Waals surface area contributed by atoms with Crippen LogP contribution >= 0.6 is 11.3 Å². The molecule has 6 nitrogen and oxygen atoms in total. The molecule has 1 atom stereocenters. The summed E-state index contributed by atoms with van der Waals surface area (Å²) in [6.07, 6.45) is 0.774. The van der Waals surface area contributed by atoms with Crippen LogP contribution in [-0.4, -0.2) is 40.1 Å². The fourth-order valence-corrected chi connectivity index (χ4v) is 4.44. The number of aromatic nitrogens is 1. The van der Waals surface area contributed by atoms with E-state index in [2.05, 4.69) is 10.3 Å². The zero-order chi connectivity index (χ0) is 21.9. The molecule has 1 aliphatic rings. The number of rotatable bonds is 6. The molecule has 160 valence electrons. The monoisotopic (exact) mass is 427 g/mol. The van der Waals surface area contributed by atoms with Gasteiger partial charge >= 0.3 is 0 Å². The molecule has 0 radical (unpaired) electrons. The highest BCUT2D eigenvalue weighted by Crippen LogP contribution is 2.27. The summed E-state index contributed by atoms with van der Waals surface area (Å²) >= 11 is 1.61. The van der Waals surface area contributed by atoms with Crippen LogP contribution in [0.25, 0.3) is 10.4 Å². The van der Waals surface area contributed by atoms with Crippen LogP contribution < -0.4 is 5.32 Å². The lowest BCUT2D eigenvalue weighted by Gasteiger charge is -2.27. The quantitative estimate of drug-likeness (QED) is 0.762. The molecular formula is C23H29N3O3S. The van der Waals surface area contributed by atoms with Gasteiger partial charge < -0.3 is 10.2 Å². The normalized spacial score (nSPS) is 16.7.